The van der Waals surface area contributed by atoms with Crippen molar-refractivity contribution in [1.82, 2.24) is 4.57 Å². The van der Waals surface area contributed by atoms with Gasteiger partial charge in [-0.3, -0.25) is 4.99 Å². The Morgan fingerprint density at radius 1 is 0.525 bits per heavy atom. The minimum absolute atomic E-state index is 0.108. The first-order chi connectivity index (χ1) is 29.0. The van der Waals surface area contributed by atoms with Crippen molar-refractivity contribution >= 4 is 55.3 Å². The van der Waals surface area contributed by atoms with Gasteiger partial charge in [0, 0.05) is 44.6 Å². The van der Waals surface area contributed by atoms with E-state index in [1.54, 1.807) is 0 Å². The monoisotopic (exact) mass is 757 g/mol. The van der Waals surface area contributed by atoms with E-state index >= 15 is 0 Å². The van der Waals surface area contributed by atoms with Gasteiger partial charge in [-0.05, 0) is 93.0 Å². The van der Waals surface area contributed by atoms with E-state index in [0.29, 0.717) is 6.42 Å². The summed E-state index contributed by atoms with van der Waals surface area (Å²) in [6.45, 7) is 4.71. The number of aromatic nitrogens is 1. The Balaban J connectivity index is 1.04. The average Bonchev–Trinajstić information content (AvgIpc) is 3.91. The lowest BCUT2D eigenvalue weighted by Gasteiger charge is -2.23. The zero-order valence-corrected chi connectivity index (χ0v) is 32.9. The summed E-state index contributed by atoms with van der Waals surface area (Å²) >= 11 is 0. The Kier molecular flexibility index (Phi) is 7.37. The number of nitrogens with zero attached hydrogens (tertiary/aromatic N) is 3. The zero-order valence-electron chi connectivity index (χ0n) is 32.9. The second kappa shape index (κ2) is 12.9. The van der Waals surface area contributed by atoms with Crippen LogP contribution < -0.4 is 0 Å². The van der Waals surface area contributed by atoms with E-state index in [2.05, 4.69) is 194 Å². The van der Waals surface area contributed by atoms with Crippen molar-refractivity contribution in [2.75, 3.05) is 0 Å². The molecule has 1 aliphatic heterocycles. The fourth-order valence-corrected chi connectivity index (χ4v) is 9.86. The van der Waals surface area contributed by atoms with Gasteiger partial charge in [0.25, 0.3) is 0 Å². The molecule has 2 aliphatic rings. The van der Waals surface area contributed by atoms with E-state index in [1.165, 1.54) is 44.1 Å². The lowest BCUT2D eigenvalue weighted by Crippen LogP contribution is -2.17. The maximum Gasteiger partial charge on any atom is 0.155 e. The first-order valence-corrected chi connectivity index (χ1v) is 20.5. The van der Waals surface area contributed by atoms with Crippen molar-refractivity contribution in [2.24, 2.45) is 9.98 Å². The van der Waals surface area contributed by atoms with Gasteiger partial charge in [0.1, 0.15) is 11.2 Å². The van der Waals surface area contributed by atoms with E-state index in [1.807, 2.05) is 6.07 Å². The van der Waals surface area contributed by atoms with Crippen LogP contribution in [0.1, 0.15) is 54.1 Å². The molecule has 12 rings (SSSR count). The van der Waals surface area contributed by atoms with Crippen LogP contribution in [0.3, 0.4) is 0 Å². The van der Waals surface area contributed by atoms with Crippen LogP contribution in [0.5, 0.6) is 0 Å². The molecule has 2 aromatic heterocycles. The number of furan rings is 1. The van der Waals surface area contributed by atoms with Gasteiger partial charge in [-0.1, -0.05) is 147 Å². The molecule has 0 saturated carbocycles. The predicted molar refractivity (Wildman–Crippen MR) is 244 cm³/mol. The maximum absolute atomic E-state index is 6.57. The molecule has 0 amide bonds. The summed E-state index contributed by atoms with van der Waals surface area (Å²) in [6.07, 6.45) is 0.670. The van der Waals surface area contributed by atoms with Crippen LogP contribution in [0.25, 0.3) is 71.7 Å². The van der Waals surface area contributed by atoms with Crippen molar-refractivity contribution in [3.8, 4) is 27.9 Å². The fraction of sp³-hybridized carbons (Fsp3) is 0.0909. The van der Waals surface area contributed by atoms with E-state index in [0.717, 1.165) is 67.0 Å². The molecule has 10 aromatic rings. The number of benzene rings is 8. The number of rotatable bonds is 5. The molecular weight excluding hydrogens is 719 g/mol. The van der Waals surface area contributed by atoms with Gasteiger partial charge in [-0.15, -0.1) is 0 Å². The topological polar surface area (TPSA) is 42.8 Å². The minimum Gasteiger partial charge on any atom is -0.456 e. The van der Waals surface area contributed by atoms with E-state index in [4.69, 9.17) is 14.4 Å². The molecule has 0 saturated heterocycles. The Morgan fingerprint density at radius 2 is 1.24 bits per heavy atom. The number of para-hydroxylation sites is 2. The molecule has 4 nitrogen and oxygen atoms in total. The third kappa shape index (κ3) is 5.23. The number of fused-ring (bicyclic) bond motifs is 9. The highest BCUT2D eigenvalue weighted by molar-refractivity contribution is 6.16. The molecule has 1 unspecified atom stereocenters. The molecule has 280 valence electrons. The normalized spacial score (nSPS) is 15.7. The average molecular weight is 758 g/mol. The molecule has 0 bridgehead atoms. The van der Waals surface area contributed by atoms with Gasteiger partial charge in [0.2, 0.25) is 0 Å². The first kappa shape index (κ1) is 33.8. The summed E-state index contributed by atoms with van der Waals surface area (Å²) in [5.41, 5.74) is 17.0. The highest BCUT2D eigenvalue weighted by Crippen LogP contribution is 2.51. The molecule has 4 heteroatoms. The second-order valence-corrected chi connectivity index (χ2v) is 16.5. The van der Waals surface area contributed by atoms with Crippen LogP contribution in [0.2, 0.25) is 0 Å². The molecule has 0 spiro atoms. The third-order valence-electron chi connectivity index (χ3n) is 12.7. The van der Waals surface area contributed by atoms with Crippen molar-refractivity contribution < 1.29 is 4.42 Å². The van der Waals surface area contributed by atoms with Gasteiger partial charge in [-0.2, -0.15) is 0 Å². The van der Waals surface area contributed by atoms with Crippen molar-refractivity contribution in [3.63, 3.8) is 0 Å². The second-order valence-electron chi connectivity index (χ2n) is 16.5. The highest BCUT2D eigenvalue weighted by atomic mass is 16.3. The van der Waals surface area contributed by atoms with Crippen LogP contribution in [-0.4, -0.2) is 16.1 Å². The third-order valence-corrected chi connectivity index (χ3v) is 12.7. The predicted octanol–water partition coefficient (Wildman–Crippen LogP) is 14.0. The van der Waals surface area contributed by atoms with Gasteiger partial charge in [0.15, 0.2) is 5.84 Å². The van der Waals surface area contributed by atoms with Crippen molar-refractivity contribution in [3.05, 3.63) is 210 Å². The summed E-state index contributed by atoms with van der Waals surface area (Å²) in [6, 6.07) is 65.2. The largest absolute Gasteiger partial charge is 0.456 e. The number of aliphatic imine (C=N–C) groups is 2. The Morgan fingerprint density at radius 3 is 2.08 bits per heavy atom. The summed E-state index contributed by atoms with van der Waals surface area (Å²) in [7, 11) is 0. The highest BCUT2D eigenvalue weighted by Gasteiger charge is 2.36. The maximum atomic E-state index is 6.57. The lowest BCUT2D eigenvalue weighted by molar-refractivity contribution is 0.661. The number of hydrogen-bond donors (Lipinski definition) is 0. The van der Waals surface area contributed by atoms with Crippen molar-refractivity contribution in [1.29, 1.82) is 0 Å². The molecule has 1 aliphatic carbocycles. The first-order valence-electron chi connectivity index (χ1n) is 20.5. The smallest absolute Gasteiger partial charge is 0.155 e. The molecule has 3 heterocycles. The summed E-state index contributed by atoms with van der Waals surface area (Å²) < 4.78 is 9.00. The molecule has 59 heavy (non-hydrogen) atoms. The summed E-state index contributed by atoms with van der Waals surface area (Å²) in [4.78, 5) is 10.9. The van der Waals surface area contributed by atoms with Crippen LogP contribution >= 0.6 is 0 Å². The van der Waals surface area contributed by atoms with Gasteiger partial charge in [0.05, 0.1) is 22.8 Å². The molecule has 8 aromatic carbocycles. The number of amidine groups is 1. The van der Waals surface area contributed by atoms with E-state index in [-0.39, 0.29) is 11.5 Å². The molecule has 1 atom stereocenters. The van der Waals surface area contributed by atoms with E-state index < -0.39 is 0 Å². The standard InChI is InChI=1S/C55H39N3O/c1-55(2)45-25-12-9-22-39(45)43-31-44-40-23-10-13-26-49(40)58(50(44)32-46(43)55)38-21-15-20-36(28-38)54-56-47(35-18-7-4-8-19-35)33-48(57-54)37-29-42(34-16-5-3-6-17-34)53-41-24-11-14-27-51(41)59-52(53)30-37/h3-32,48H,33H2,1-2H3. The van der Waals surface area contributed by atoms with Crippen LogP contribution in [0.15, 0.2) is 196 Å². The molecule has 0 radical (unpaired) electrons. The minimum atomic E-state index is -0.180. The molecule has 0 fully saturated rings. The van der Waals surface area contributed by atoms with Gasteiger partial charge >= 0.3 is 0 Å². The lowest BCUT2D eigenvalue weighted by atomic mass is 9.82. The van der Waals surface area contributed by atoms with Crippen LogP contribution in [0.4, 0.5) is 0 Å². The summed E-state index contributed by atoms with van der Waals surface area (Å²) in [5, 5.41) is 4.75. The zero-order chi connectivity index (χ0) is 39.2. The molecule has 0 N–H and O–H groups in total. The fourth-order valence-electron chi connectivity index (χ4n) is 9.86. The van der Waals surface area contributed by atoms with Crippen LogP contribution in [0, 0.1) is 0 Å². The number of hydrogen-bond acceptors (Lipinski definition) is 3. The quantitative estimate of drug-likeness (QED) is 0.172. The Bertz CT molecular complexity index is 3380. The Hall–Kier alpha value is -7.30. The van der Waals surface area contributed by atoms with Gasteiger partial charge in [-0.25, -0.2) is 4.99 Å². The van der Waals surface area contributed by atoms with Gasteiger partial charge < -0.3 is 8.98 Å². The molecular formula is C55H39N3O. The SMILES string of the molecule is CC1(C)c2ccccc2-c2cc3c4ccccc4n(-c4cccc(C5=NC(c6cc(-c7ccccc7)c7c(c6)oc6ccccc67)CC(c6ccccc6)=N5)c4)c3cc21. The summed E-state index contributed by atoms with van der Waals surface area (Å²) in [5.74, 6) is 0.728. The van der Waals surface area contributed by atoms with E-state index in [9.17, 15) is 0 Å². The van der Waals surface area contributed by atoms with Crippen LogP contribution in [-0.2, 0) is 5.41 Å². The Labute approximate surface area is 342 Å². The van der Waals surface area contributed by atoms with Crippen molar-refractivity contribution in [2.45, 2.75) is 31.7 Å².